The summed E-state index contributed by atoms with van der Waals surface area (Å²) in [6.45, 7) is 2.13. The minimum Gasteiger partial charge on any atom is -0.493 e. The fourth-order valence-electron chi connectivity index (χ4n) is 2.83. The molecule has 1 aromatic rings. The number of benzene rings is 1. The lowest BCUT2D eigenvalue weighted by Gasteiger charge is -2.36. The molecule has 1 N–H and O–H groups in total. The van der Waals surface area contributed by atoms with E-state index in [1.165, 1.54) is 23.6 Å². The monoisotopic (exact) mass is 280 g/mol. The average Bonchev–Trinajstić information content (AvgIpc) is 2.64. The predicted molar refractivity (Wildman–Crippen MR) is 81.1 cm³/mol. The molecule has 0 aromatic heterocycles. The second-order valence-electron chi connectivity index (χ2n) is 4.86. The Morgan fingerprint density at radius 1 is 1.26 bits per heavy atom. The third kappa shape index (κ3) is 2.31. The number of thioether (sulfide) groups is 1. The molecule has 0 aliphatic carbocycles. The zero-order chi connectivity index (χ0) is 13.2. The molecule has 0 saturated carbocycles. The SMILES string of the molecule is COc1cc2c(cc1OC)N1CCSCC1CCN2. The van der Waals surface area contributed by atoms with Crippen molar-refractivity contribution in [3.05, 3.63) is 12.1 Å². The third-order valence-corrected chi connectivity index (χ3v) is 4.92. The number of hydrogen-bond acceptors (Lipinski definition) is 5. The van der Waals surface area contributed by atoms with E-state index in [2.05, 4.69) is 34.1 Å². The van der Waals surface area contributed by atoms with Gasteiger partial charge in [0.2, 0.25) is 0 Å². The van der Waals surface area contributed by atoms with Crippen molar-refractivity contribution < 1.29 is 9.47 Å². The van der Waals surface area contributed by atoms with Crippen molar-refractivity contribution in [3.63, 3.8) is 0 Å². The molecule has 104 valence electrons. The lowest BCUT2D eigenvalue weighted by atomic mass is 10.1. The molecular formula is C14H20N2O2S. The first kappa shape index (κ1) is 12.8. The molecule has 1 unspecified atom stereocenters. The van der Waals surface area contributed by atoms with E-state index in [1.54, 1.807) is 14.2 Å². The van der Waals surface area contributed by atoms with Crippen LogP contribution in [0.1, 0.15) is 6.42 Å². The standard InChI is InChI=1S/C14H20N2O2S/c1-17-13-7-11-12(8-14(13)18-2)16-5-6-19-9-10(16)3-4-15-11/h7-8,10,15H,3-6,9H2,1-2H3. The highest BCUT2D eigenvalue weighted by Gasteiger charge is 2.28. The van der Waals surface area contributed by atoms with Gasteiger partial charge in [-0.3, -0.25) is 0 Å². The Labute approximate surface area is 118 Å². The molecule has 0 radical (unpaired) electrons. The molecule has 2 heterocycles. The molecule has 2 aliphatic rings. The van der Waals surface area contributed by atoms with E-state index in [1.807, 2.05) is 0 Å². The van der Waals surface area contributed by atoms with Gasteiger partial charge in [0.15, 0.2) is 11.5 Å². The highest BCUT2D eigenvalue weighted by atomic mass is 32.2. The number of nitrogens with one attached hydrogen (secondary N) is 1. The van der Waals surface area contributed by atoms with Crippen LogP contribution in [0.15, 0.2) is 12.1 Å². The summed E-state index contributed by atoms with van der Waals surface area (Å²) < 4.78 is 10.8. The maximum absolute atomic E-state index is 5.44. The van der Waals surface area contributed by atoms with E-state index in [4.69, 9.17) is 9.47 Å². The van der Waals surface area contributed by atoms with Gasteiger partial charge in [-0.05, 0) is 6.42 Å². The van der Waals surface area contributed by atoms with E-state index >= 15 is 0 Å². The quantitative estimate of drug-likeness (QED) is 0.900. The second-order valence-corrected chi connectivity index (χ2v) is 6.01. The fraction of sp³-hybridized carbons (Fsp3) is 0.571. The van der Waals surface area contributed by atoms with Gasteiger partial charge in [0.1, 0.15) is 0 Å². The van der Waals surface area contributed by atoms with Gasteiger partial charge in [-0.1, -0.05) is 0 Å². The molecule has 4 nitrogen and oxygen atoms in total. The van der Waals surface area contributed by atoms with Gasteiger partial charge in [0.25, 0.3) is 0 Å². The van der Waals surface area contributed by atoms with Crippen LogP contribution in [0.3, 0.4) is 0 Å². The summed E-state index contributed by atoms with van der Waals surface area (Å²) in [6, 6.07) is 4.79. The largest absolute Gasteiger partial charge is 0.493 e. The van der Waals surface area contributed by atoms with E-state index in [0.717, 1.165) is 30.3 Å². The number of hydrogen-bond donors (Lipinski definition) is 1. The minimum atomic E-state index is 0.630. The van der Waals surface area contributed by atoms with Crippen LogP contribution in [0.2, 0.25) is 0 Å². The Morgan fingerprint density at radius 3 is 2.84 bits per heavy atom. The summed E-state index contributed by atoms with van der Waals surface area (Å²) >= 11 is 2.06. The maximum Gasteiger partial charge on any atom is 0.162 e. The van der Waals surface area contributed by atoms with Crippen LogP contribution in [-0.4, -0.2) is 44.9 Å². The molecule has 0 bridgehead atoms. The first-order chi connectivity index (χ1) is 9.33. The van der Waals surface area contributed by atoms with Crippen LogP contribution in [0.4, 0.5) is 11.4 Å². The molecule has 5 heteroatoms. The van der Waals surface area contributed by atoms with Crippen molar-refractivity contribution >= 4 is 23.1 Å². The third-order valence-electron chi connectivity index (χ3n) is 3.83. The summed E-state index contributed by atoms with van der Waals surface area (Å²) in [5, 5.41) is 3.52. The van der Waals surface area contributed by atoms with Crippen molar-refractivity contribution in [1.29, 1.82) is 0 Å². The Morgan fingerprint density at radius 2 is 2.05 bits per heavy atom. The van der Waals surface area contributed by atoms with Crippen LogP contribution >= 0.6 is 11.8 Å². The van der Waals surface area contributed by atoms with E-state index in [-0.39, 0.29) is 0 Å². The van der Waals surface area contributed by atoms with Crippen LogP contribution < -0.4 is 19.7 Å². The zero-order valence-electron chi connectivity index (χ0n) is 11.4. The first-order valence-electron chi connectivity index (χ1n) is 6.67. The summed E-state index contributed by atoms with van der Waals surface area (Å²) in [7, 11) is 3.37. The van der Waals surface area contributed by atoms with Crippen LogP contribution in [0, 0.1) is 0 Å². The van der Waals surface area contributed by atoms with Gasteiger partial charge in [-0.25, -0.2) is 0 Å². The zero-order valence-corrected chi connectivity index (χ0v) is 12.3. The first-order valence-corrected chi connectivity index (χ1v) is 7.83. The highest BCUT2D eigenvalue weighted by molar-refractivity contribution is 7.99. The predicted octanol–water partition coefficient (Wildman–Crippen LogP) is 2.44. The van der Waals surface area contributed by atoms with Crippen molar-refractivity contribution in [2.75, 3.05) is 49.0 Å². The Kier molecular flexibility index (Phi) is 3.64. The number of anilines is 2. The fourth-order valence-corrected chi connectivity index (χ4v) is 3.94. The molecule has 0 spiro atoms. The van der Waals surface area contributed by atoms with Crippen LogP contribution in [-0.2, 0) is 0 Å². The van der Waals surface area contributed by atoms with Crippen molar-refractivity contribution in [1.82, 2.24) is 0 Å². The average molecular weight is 280 g/mol. The summed E-state index contributed by atoms with van der Waals surface area (Å²) in [6.07, 6.45) is 1.19. The van der Waals surface area contributed by atoms with Gasteiger partial charge >= 0.3 is 0 Å². The van der Waals surface area contributed by atoms with E-state index < -0.39 is 0 Å². The summed E-state index contributed by atoms with van der Waals surface area (Å²) in [5.41, 5.74) is 2.41. The Bertz CT molecular complexity index is 467. The number of ether oxygens (including phenoxy) is 2. The Balaban J connectivity index is 2.04. The number of nitrogens with zero attached hydrogens (tertiary/aromatic N) is 1. The molecular weight excluding hydrogens is 260 g/mol. The minimum absolute atomic E-state index is 0.630. The molecule has 0 amide bonds. The Hall–Kier alpha value is -1.23. The van der Waals surface area contributed by atoms with Crippen LogP contribution in [0.5, 0.6) is 11.5 Å². The van der Waals surface area contributed by atoms with Gasteiger partial charge in [0.05, 0.1) is 25.6 Å². The maximum atomic E-state index is 5.44. The second kappa shape index (κ2) is 5.41. The normalized spacial score (nSPS) is 21.8. The number of fused-ring (bicyclic) bond motifs is 3. The van der Waals surface area contributed by atoms with Crippen molar-refractivity contribution in [2.24, 2.45) is 0 Å². The molecule has 1 saturated heterocycles. The summed E-state index contributed by atoms with van der Waals surface area (Å²) in [4.78, 5) is 2.52. The number of methoxy groups -OCH3 is 2. The van der Waals surface area contributed by atoms with Gasteiger partial charge in [0, 0.05) is 42.8 Å². The van der Waals surface area contributed by atoms with E-state index in [9.17, 15) is 0 Å². The molecule has 1 fully saturated rings. The van der Waals surface area contributed by atoms with Gasteiger partial charge in [-0.2, -0.15) is 11.8 Å². The molecule has 19 heavy (non-hydrogen) atoms. The molecule has 1 atom stereocenters. The summed E-state index contributed by atoms with van der Waals surface area (Å²) in [5.74, 6) is 4.01. The lowest BCUT2D eigenvalue weighted by molar-refractivity contribution is 0.355. The van der Waals surface area contributed by atoms with E-state index in [0.29, 0.717) is 6.04 Å². The van der Waals surface area contributed by atoms with Crippen molar-refractivity contribution in [2.45, 2.75) is 12.5 Å². The smallest absolute Gasteiger partial charge is 0.162 e. The van der Waals surface area contributed by atoms with Crippen molar-refractivity contribution in [3.8, 4) is 11.5 Å². The topological polar surface area (TPSA) is 33.7 Å². The lowest BCUT2D eigenvalue weighted by Crippen LogP contribution is -2.42. The number of rotatable bonds is 2. The van der Waals surface area contributed by atoms with Crippen LogP contribution in [0.25, 0.3) is 0 Å². The van der Waals surface area contributed by atoms with Gasteiger partial charge < -0.3 is 19.7 Å². The molecule has 3 rings (SSSR count). The molecule has 1 aromatic carbocycles. The molecule has 2 aliphatic heterocycles. The van der Waals surface area contributed by atoms with Gasteiger partial charge in [-0.15, -0.1) is 0 Å². The highest BCUT2D eigenvalue weighted by Crippen LogP contribution is 2.41.